The van der Waals surface area contributed by atoms with Gasteiger partial charge < -0.3 is 4.98 Å². The summed E-state index contributed by atoms with van der Waals surface area (Å²) in [4.78, 5) is 7.68. The zero-order chi connectivity index (χ0) is 11.2. The van der Waals surface area contributed by atoms with Crippen molar-refractivity contribution < 1.29 is 0 Å². The molecule has 0 unspecified atom stereocenters. The number of hydrogen-bond donors (Lipinski definition) is 2. The SMILES string of the molecule is c1c[nH]c(-c2ncc3ccc4[nH]snc4c23)c1. The molecule has 0 spiro atoms. The van der Waals surface area contributed by atoms with Gasteiger partial charge in [0.15, 0.2) is 0 Å². The molecule has 5 heteroatoms. The second-order valence-electron chi connectivity index (χ2n) is 3.90. The summed E-state index contributed by atoms with van der Waals surface area (Å²) in [5.74, 6) is 0. The van der Waals surface area contributed by atoms with Crippen molar-refractivity contribution in [2.24, 2.45) is 0 Å². The molecule has 0 aliphatic heterocycles. The van der Waals surface area contributed by atoms with E-state index in [1.807, 2.05) is 30.6 Å². The fourth-order valence-electron chi connectivity index (χ4n) is 2.14. The summed E-state index contributed by atoms with van der Waals surface area (Å²) in [6, 6.07) is 8.11. The van der Waals surface area contributed by atoms with Gasteiger partial charge in [-0.3, -0.25) is 9.36 Å². The van der Waals surface area contributed by atoms with Gasteiger partial charge in [-0.1, -0.05) is 6.07 Å². The van der Waals surface area contributed by atoms with Crippen LogP contribution in [0.3, 0.4) is 0 Å². The normalized spacial score (nSPS) is 11.5. The molecule has 0 bridgehead atoms. The van der Waals surface area contributed by atoms with Gasteiger partial charge in [0.05, 0.1) is 16.9 Å². The maximum absolute atomic E-state index is 4.49. The van der Waals surface area contributed by atoms with Crippen LogP contribution in [0.25, 0.3) is 33.2 Å². The predicted molar refractivity (Wildman–Crippen MR) is 69.1 cm³/mol. The van der Waals surface area contributed by atoms with E-state index in [1.165, 1.54) is 11.7 Å². The molecule has 1 aromatic carbocycles. The van der Waals surface area contributed by atoms with Gasteiger partial charge in [-0.05, 0) is 18.2 Å². The smallest absolute Gasteiger partial charge is 0.112 e. The molecular formula is C12H8N4S. The van der Waals surface area contributed by atoms with Crippen molar-refractivity contribution in [3.8, 4) is 11.4 Å². The van der Waals surface area contributed by atoms with Crippen molar-refractivity contribution in [2.45, 2.75) is 0 Å². The molecule has 2 N–H and O–H groups in total. The quantitative estimate of drug-likeness (QED) is 0.537. The zero-order valence-electron chi connectivity index (χ0n) is 8.77. The van der Waals surface area contributed by atoms with E-state index in [2.05, 4.69) is 24.8 Å². The maximum Gasteiger partial charge on any atom is 0.112 e. The third-order valence-electron chi connectivity index (χ3n) is 2.93. The van der Waals surface area contributed by atoms with E-state index in [1.54, 1.807) is 0 Å². The number of nitrogens with one attached hydrogen (secondary N) is 2. The predicted octanol–water partition coefficient (Wildman–Crippen LogP) is 3.17. The van der Waals surface area contributed by atoms with Crippen LogP contribution >= 0.6 is 11.7 Å². The standard InChI is InChI=1S/C12H8N4S/c1-2-8(13-5-1)11-10-7(6-14-11)3-4-9-12(10)16-17-15-9/h1-6,13,15H. The summed E-state index contributed by atoms with van der Waals surface area (Å²) >= 11 is 1.36. The van der Waals surface area contributed by atoms with Gasteiger partial charge in [-0.25, -0.2) is 0 Å². The minimum atomic E-state index is 0.968. The summed E-state index contributed by atoms with van der Waals surface area (Å²) < 4.78 is 7.59. The Balaban J connectivity index is 2.20. The van der Waals surface area contributed by atoms with Crippen LogP contribution in [0.5, 0.6) is 0 Å². The van der Waals surface area contributed by atoms with Crippen molar-refractivity contribution in [3.63, 3.8) is 0 Å². The van der Waals surface area contributed by atoms with Crippen molar-refractivity contribution in [2.75, 3.05) is 0 Å². The topological polar surface area (TPSA) is 57.4 Å². The van der Waals surface area contributed by atoms with Crippen LogP contribution in [0.2, 0.25) is 0 Å². The van der Waals surface area contributed by atoms with E-state index in [9.17, 15) is 0 Å². The van der Waals surface area contributed by atoms with Gasteiger partial charge in [0, 0.05) is 34.9 Å². The van der Waals surface area contributed by atoms with Gasteiger partial charge in [0.25, 0.3) is 0 Å². The molecule has 0 aliphatic rings. The number of benzene rings is 1. The monoisotopic (exact) mass is 240 g/mol. The van der Waals surface area contributed by atoms with Gasteiger partial charge in [-0.15, -0.1) is 0 Å². The van der Waals surface area contributed by atoms with Crippen LogP contribution < -0.4 is 0 Å². The summed E-state index contributed by atoms with van der Waals surface area (Å²) in [6.07, 6.45) is 3.80. The maximum atomic E-state index is 4.49. The second-order valence-corrected chi connectivity index (χ2v) is 4.47. The van der Waals surface area contributed by atoms with Crippen LogP contribution in [0, 0.1) is 0 Å². The fraction of sp³-hybridized carbons (Fsp3) is 0. The molecule has 0 atom stereocenters. The molecule has 0 aliphatic carbocycles. The second kappa shape index (κ2) is 3.18. The van der Waals surface area contributed by atoms with Crippen molar-refractivity contribution >= 4 is 33.5 Å². The Morgan fingerprint density at radius 1 is 1.18 bits per heavy atom. The van der Waals surface area contributed by atoms with E-state index >= 15 is 0 Å². The van der Waals surface area contributed by atoms with Crippen LogP contribution in [0.15, 0.2) is 36.7 Å². The number of aromatic nitrogens is 4. The first-order valence-corrected chi connectivity index (χ1v) is 6.06. The van der Waals surface area contributed by atoms with Gasteiger partial charge in [-0.2, -0.15) is 4.37 Å². The highest BCUT2D eigenvalue weighted by molar-refractivity contribution is 7.00. The minimum absolute atomic E-state index is 0.968. The summed E-state index contributed by atoms with van der Waals surface area (Å²) in [5.41, 5.74) is 4.05. The van der Waals surface area contributed by atoms with E-state index in [0.717, 1.165) is 33.2 Å². The number of aromatic amines is 2. The molecule has 17 heavy (non-hydrogen) atoms. The van der Waals surface area contributed by atoms with Gasteiger partial charge in [0.1, 0.15) is 5.52 Å². The Labute approximate surface area is 101 Å². The van der Waals surface area contributed by atoms with Gasteiger partial charge >= 0.3 is 0 Å². The molecule has 82 valence electrons. The lowest BCUT2D eigenvalue weighted by Gasteiger charge is -1.96. The van der Waals surface area contributed by atoms with Crippen LogP contribution in [0.1, 0.15) is 0 Å². The number of rotatable bonds is 1. The highest BCUT2D eigenvalue weighted by Crippen LogP contribution is 2.32. The Morgan fingerprint density at radius 2 is 2.18 bits per heavy atom. The highest BCUT2D eigenvalue weighted by atomic mass is 32.1. The minimum Gasteiger partial charge on any atom is -0.360 e. The molecule has 3 aromatic heterocycles. The first kappa shape index (κ1) is 8.95. The van der Waals surface area contributed by atoms with E-state index in [0.29, 0.717) is 0 Å². The van der Waals surface area contributed by atoms with Gasteiger partial charge in [0.2, 0.25) is 0 Å². The summed E-state index contributed by atoms with van der Waals surface area (Å²) in [5, 5.41) is 2.24. The Hall–Kier alpha value is -2.14. The zero-order valence-corrected chi connectivity index (χ0v) is 9.58. The molecule has 4 nitrogen and oxygen atoms in total. The molecule has 0 amide bonds. The Bertz CT molecular complexity index is 794. The number of fused-ring (bicyclic) bond motifs is 3. The fourth-order valence-corrected chi connectivity index (χ4v) is 2.73. The molecule has 0 radical (unpaired) electrons. The molecule has 4 rings (SSSR count). The molecule has 0 fully saturated rings. The third kappa shape index (κ3) is 1.17. The molecule has 3 heterocycles. The van der Waals surface area contributed by atoms with Crippen LogP contribution in [-0.2, 0) is 0 Å². The van der Waals surface area contributed by atoms with Crippen LogP contribution in [-0.4, -0.2) is 18.7 Å². The lowest BCUT2D eigenvalue weighted by molar-refractivity contribution is 1.34. The first-order valence-electron chi connectivity index (χ1n) is 5.29. The average Bonchev–Trinajstić information content (AvgIpc) is 3.08. The Kier molecular flexibility index (Phi) is 1.67. The average molecular weight is 240 g/mol. The molecule has 0 saturated carbocycles. The first-order chi connectivity index (χ1) is 8.43. The Morgan fingerprint density at radius 3 is 3.06 bits per heavy atom. The summed E-state index contributed by atoms with van der Waals surface area (Å²) in [7, 11) is 0. The van der Waals surface area contributed by atoms with Crippen molar-refractivity contribution in [1.29, 1.82) is 0 Å². The number of nitrogens with zero attached hydrogens (tertiary/aromatic N) is 2. The van der Waals surface area contributed by atoms with Crippen molar-refractivity contribution in [1.82, 2.24) is 18.7 Å². The number of H-pyrrole nitrogens is 2. The van der Waals surface area contributed by atoms with E-state index in [4.69, 9.17) is 0 Å². The molecular weight excluding hydrogens is 232 g/mol. The highest BCUT2D eigenvalue weighted by Gasteiger charge is 2.12. The third-order valence-corrected chi connectivity index (χ3v) is 3.51. The number of hydrogen-bond acceptors (Lipinski definition) is 3. The molecule has 4 aromatic rings. The van der Waals surface area contributed by atoms with Crippen molar-refractivity contribution in [3.05, 3.63) is 36.7 Å². The lowest BCUT2D eigenvalue weighted by Crippen LogP contribution is -1.79. The largest absolute Gasteiger partial charge is 0.360 e. The lowest BCUT2D eigenvalue weighted by atomic mass is 10.1. The summed E-state index contributed by atoms with van der Waals surface area (Å²) in [6.45, 7) is 0. The van der Waals surface area contributed by atoms with Crippen LogP contribution in [0.4, 0.5) is 0 Å². The molecule has 0 saturated heterocycles. The van der Waals surface area contributed by atoms with E-state index < -0.39 is 0 Å². The van der Waals surface area contributed by atoms with E-state index in [-0.39, 0.29) is 0 Å².